The van der Waals surface area contributed by atoms with Gasteiger partial charge in [-0.3, -0.25) is 0 Å². The molecule has 0 amide bonds. The van der Waals surface area contributed by atoms with Crippen LogP contribution in [0.3, 0.4) is 0 Å². The summed E-state index contributed by atoms with van der Waals surface area (Å²) >= 11 is 0. The Balaban J connectivity index is 3.13. The minimum atomic E-state index is 0.642. The van der Waals surface area contributed by atoms with Gasteiger partial charge in [0, 0.05) is 0 Å². The summed E-state index contributed by atoms with van der Waals surface area (Å²) in [5, 5.41) is 0. The number of unbranched alkanes of at least 4 members (excludes halogenated alkanes) is 8. The molecule has 0 heterocycles. The summed E-state index contributed by atoms with van der Waals surface area (Å²) in [6, 6.07) is 0. The first-order valence-electron chi connectivity index (χ1n) is 8.99. The highest BCUT2D eigenvalue weighted by Gasteiger charge is 2.02. The zero-order valence-corrected chi connectivity index (χ0v) is 14.1. The zero-order chi connectivity index (χ0) is 14.3. The molecule has 0 aliphatic heterocycles. The summed E-state index contributed by atoms with van der Waals surface area (Å²) in [4.78, 5) is 0. The van der Waals surface area contributed by atoms with Crippen LogP contribution in [0.5, 0.6) is 0 Å². The Morgan fingerprint density at radius 1 is 0.632 bits per heavy atom. The summed E-state index contributed by atoms with van der Waals surface area (Å²) < 4.78 is 0. The van der Waals surface area contributed by atoms with Crippen molar-refractivity contribution in [3.8, 4) is 0 Å². The molecule has 0 aliphatic carbocycles. The van der Waals surface area contributed by atoms with E-state index in [1.165, 1.54) is 83.5 Å². The van der Waals surface area contributed by atoms with Crippen molar-refractivity contribution in [2.24, 2.45) is 11.8 Å². The van der Waals surface area contributed by atoms with Crippen molar-refractivity contribution in [2.75, 3.05) is 0 Å². The van der Waals surface area contributed by atoms with Crippen LogP contribution in [0.4, 0.5) is 0 Å². The van der Waals surface area contributed by atoms with E-state index < -0.39 is 0 Å². The third-order valence-electron chi connectivity index (χ3n) is 4.19. The van der Waals surface area contributed by atoms with Gasteiger partial charge in [-0.15, -0.1) is 0 Å². The molecule has 0 rings (SSSR count). The largest absolute Gasteiger partial charge is 0.0654 e. The van der Waals surface area contributed by atoms with Crippen LogP contribution in [0.25, 0.3) is 0 Å². The van der Waals surface area contributed by atoms with Crippen LogP contribution < -0.4 is 0 Å². The van der Waals surface area contributed by atoms with Crippen molar-refractivity contribution in [1.29, 1.82) is 0 Å². The second-order valence-corrected chi connectivity index (χ2v) is 6.76. The van der Waals surface area contributed by atoms with E-state index in [1.807, 2.05) is 0 Å². The SMILES string of the molecule is [CH2]C(C)CCCCC(C)CCCCCCCCCC. The van der Waals surface area contributed by atoms with Crippen molar-refractivity contribution >= 4 is 0 Å². The Bertz CT molecular complexity index is 159. The lowest BCUT2D eigenvalue weighted by Crippen LogP contribution is -1.96. The summed E-state index contributed by atoms with van der Waals surface area (Å²) in [7, 11) is 0. The Morgan fingerprint density at radius 3 is 1.58 bits per heavy atom. The Labute approximate surface area is 123 Å². The molecule has 2 atom stereocenters. The average molecular weight is 268 g/mol. The standard InChI is InChI=1S/C19H39/c1-5-6-7-8-9-10-11-12-16-19(4)17-14-13-15-18(2)3/h18-19H,2,5-17H2,1,3-4H3. The monoisotopic (exact) mass is 267 g/mol. The number of hydrogen-bond acceptors (Lipinski definition) is 0. The maximum atomic E-state index is 4.05. The van der Waals surface area contributed by atoms with Gasteiger partial charge in [-0.25, -0.2) is 0 Å². The van der Waals surface area contributed by atoms with Gasteiger partial charge in [0.15, 0.2) is 0 Å². The fourth-order valence-corrected chi connectivity index (χ4v) is 2.76. The molecule has 0 saturated heterocycles. The first-order valence-corrected chi connectivity index (χ1v) is 8.99. The van der Waals surface area contributed by atoms with Crippen LogP contribution in [-0.4, -0.2) is 0 Å². The van der Waals surface area contributed by atoms with Gasteiger partial charge in [-0.1, -0.05) is 111 Å². The molecule has 0 spiro atoms. The van der Waals surface area contributed by atoms with Gasteiger partial charge in [0.05, 0.1) is 0 Å². The van der Waals surface area contributed by atoms with E-state index >= 15 is 0 Å². The van der Waals surface area contributed by atoms with Crippen molar-refractivity contribution < 1.29 is 0 Å². The fourth-order valence-electron chi connectivity index (χ4n) is 2.76. The van der Waals surface area contributed by atoms with Crippen LogP contribution in [0, 0.1) is 18.8 Å². The molecule has 0 aromatic rings. The van der Waals surface area contributed by atoms with Crippen molar-refractivity contribution in [1.82, 2.24) is 0 Å². The molecule has 0 N–H and O–H groups in total. The van der Waals surface area contributed by atoms with Gasteiger partial charge in [-0.05, 0) is 11.8 Å². The quantitative estimate of drug-likeness (QED) is 0.292. The van der Waals surface area contributed by atoms with Crippen molar-refractivity contribution in [3.05, 3.63) is 6.92 Å². The van der Waals surface area contributed by atoms with Gasteiger partial charge in [0.2, 0.25) is 0 Å². The highest BCUT2D eigenvalue weighted by atomic mass is 14.1. The smallest absolute Gasteiger partial charge is 0.0443 e. The molecule has 0 heteroatoms. The van der Waals surface area contributed by atoms with E-state index in [0.29, 0.717) is 5.92 Å². The van der Waals surface area contributed by atoms with Gasteiger partial charge >= 0.3 is 0 Å². The molecule has 0 bridgehead atoms. The molecule has 0 nitrogen and oxygen atoms in total. The molecule has 2 unspecified atom stereocenters. The van der Waals surface area contributed by atoms with Crippen molar-refractivity contribution in [3.63, 3.8) is 0 Å². The number of rotatable bonds is 14. The molecular weight excluding hydrogens is 228 g/mol. The zero-order valence-electron chi connectivity index (χ0n) is 14.1. The second kappa shape index (κ2) is 14.4. The third-order valence-corrected chi connectivity index (χ3v) is 4.19. The summed E-state index contributed by atoms with van der Waals surface area (Å²) in [5.74, 6) is 1.59. The van der Waals surface area contributed by atoms with E-state index in [-0.39, 0.29) is 0 Å². The maximum Gasteiger partial charge on any atom is -0.0443 e. The van der Waals surface area contributed by atoms with Crippen LogP contribution in [0.15, 0.2) is 0 Å². The topological polar surface area (TPSA) is 0 Å². The van der Waals surface area contributed by atoms with E-state index in [0.717, 1.165) is 5.92 Å². The number of hydrogen-bond donors (Lipinski definition) is 0. The highest BCUT2D eigenvalue weighted by Crippen LogP contribution is 2.18. The van der Waals surface area contributed by atoms with E-state index in [2.05, 4.69) is 27.7 Å². The average Bonchev–Trinajstić information content (AvgIpc) is 2.37. The summed E-state index contributed by atoms with van der Waals surface area (Å²) in [6.45, 7) is 11.0. The predicted octanol–water partition coefficient (Wildman–Crippen LogP) is 7.18. The van der Waals surface area contributed by atoms with E-state index in [4.69, 9.17) is 0 Å². The van der Waals surface area contributed by atoms with Gasteiger partial charge < -0.3 is 0 Å². The normalized spacial score (nSPS) is 13.1. The van der Waals surface area contributed by atoms with Gasteiger partial charge in [0.25, 0.3) is 0 Å². The van der Waals surface area contributed by atoms with E-state index in [1.54, 1.807) is 0 Å². The highest BCUT2D eigenvalue weighted by molar-refractivity contribution is 4.58. The first-order chi connectivity index (χ1) is 9.16. The maximum absolute atomic E-state index is 4.05. The Morgan fingerprint density at radius 2 is 1.05 bits per heavy atom. The molecule has 0 aromatic carbocycles. The lowest BCUT2D eigenvalue weighted by molar-refractivity contribution is 0.427. The Hall–Kier alpha value is 0. The predicted molar refractivity (Wildman–Crippen MR) is 89.4 cm³/mol. The van der Waals surface area contributed by atoms with E-state index in [9.17, 15) is 0 Å². The molecule has 0 aliphatic rings. The minimum absolute atomic E-state index is 0.642. The molecule has 115 valence electrons. The molecule has 1 radical (unpaired) electrons. The molecular formula is C19H39. The van der Waals surface area contributed by atoms with Crippen molar-refractivity contribution in [2.45, 2.75) is 104 Å². The summed E-state index contributed by atoms with van der Waals surface area (Å²) in [6.07, 6.45) is 18.6. The second-order valence-electron chi connectivity index (χ2n) is 6.76. The lowest BCUT2D eigenvalue weighted by Gasteiger charge is -2.11. The van der Waals surface area contributed by atoms with Crippen LogP contribution in [0.2, 0.25) is 0 Å². The fraction of sp³-hybridized carbons (Fsp3) is 0.947. The third kappa shape index (κ3) is 15.9. The molecule has 19 heavy (non-hydrogen) atoms. The van der Waals surface area contributed by atoms with Crippen LogP contribution >= 0.6 is 0 Å². The first kappa shape index (κ1) is 19.0. The van der Waals surface area contributed by atoms with Crippen LogP contribution in [0.1, 0.15) is 104 Å². The minimum Gasteiger partial charge on any atom is -0.0654 e. The lowest BCUT2D eigenvalue weighted by atomic mass is 9.95. The summed E-state index contributed by atoms with van der Waals surface area (Å²) in [5.41, 5.74) is 0. The van der Waals surface area contributed by atoms with Gasteiger partial charge in [0.1, 0.15) is 0 Å². The Kier molecular flexibility index (Phi) is 14.4. The molecule has 0 saturated carbocycles. The van der Waals surface area contributed by atoms with Crippen LogP contribution in [-0.2, 0) is 0 Å². The molecule has 0 fully saturated rings. The van der Waals surface area contributed by atoms with Gasteiger partial charge in [-0.2, -0.15) is 0 Å². The molecule has 0 aromatic heterocycles.